The molecule has 1 aliphatic carbocycles. The van der Waals surface area contributed by atoms with Crippen LogP contribution in [0.15, 0.2) is 28.8 Å². The number of benzene rings is 1. The molecule has 0 radical (unpaired) electrons. The van der Waals surface area contributed by atoms with Gasteiger partial charge in [0, 0.05) is 12.0 Å². The minimum absolute atomic E-state index is 0.322. The zero-order valence-electron chi connectivity index (χ0n) is 12.5. The fraction of sp³-hybridized carbons (Fsp3) is 0.500. The standard InChI is InChI=1S/C16H21N3O2/c1-3-14(17-2)11-6-8-13(9-7-11)20-10-15-18-16(19-21-15)12-4-5-12/h6-9,12,14,17H,3-5,10H2,1-2H3. The second-order valence-electron chi connectivity index (χ2n) is 5.43. The van der Waals surface area contributed by atoms with Gasteiger partial charge in [0.05, 0.1) is 0 Å². The van der Waals surface area contributed by atoms with Gasteiger partial charge in [-0.2, -0.15) is 4.98 Å². The van der Waals surface area contributed by atoms with Gasteiger partial charge in [0.15, 0.2) is 12.4 Å². The lowest BCUT2D eigenvalue weighted by Gasteiger charge is -2.14. The Morgan fingerprint density at radius 3 is 2.71 bits per heavy atom. The largest absolute Gasteiger partial charge is 0.484 e. The molecule has 112 valence electrons. The molecule has 1 aliphatic rings. The Kier molecular flexibility index (Phi) is 4.20. The molecule has 0 spiro atoms. The van der Waals surface area contributed by atoms with Crippen molar-refractivity contribution in [2.45, 2.75) is 44.8 Å². The Bertz CT molecular complexity index is 571. The SMILES string of the molecule is CCC(NC)c1ccc(OCc2nc(C3CC3)no2)cc1. The average Bonchev–Trinajstić information content (AvgIpc) is 3.27. The van der Waals surface area contributed by atoms with Crippen molar-refractivity contribution >= 4 is 0 Å². The van der Waals surface area contributed by atoms with Crippen molar-refractivity contribution < 1.29 is 9.26 Å². The van der Waals surface area contributed by atoms with Crippen LogP contribution in [0.3, 0.4) is 0 Å². The third kappa shape index (κ3) is 3.42. The van der Waals surface area contributed by atoms with Gasteiger partial charge in [-0.3, -0.25) is 0 Å². The van der Waals surface area contributed by atoms with Crippen LogP contribution in [0.25, 0.3) is 0 Å². The van der Waals surface area contributed by atoms with Crippen molar-refractivity contribution in [3.8, 4) is 5.75 Å². The molecule has 1 atom stereocenters. The van der Waals surface area contributed by atoms with E-state index >= 15 is 0 Å². The number of hydrogen-bond acceptors (Lipinski definition) is 5. The third-order valence-electron chi connectivity index (χ3n) is 3.83. The molecule has 2 aromatic rings. The number of nitrogens with one attached hydrogen (secondary N) is 1. The van der Waals surface area contributed by atoms with E-state index in [0.717, 1.165) is 18.0 Å². The van der Waals surface area contributed by atoms with Crippen molar-refractivity contribution in [2.24, 2.45) is 0 Å². The lowest BCUT2D eigenvalue weighted by atomic mass is 10.1. The van der Waals surface area contributed by atoms with Gasteiger partial charge in [-0.05, 0) is 44.0 Å². The molecule has 1 saturated carbocycles. The van der Waals surface area contributed by atoms with Crippen LogP contribution in [-0.2, 0) is 6.61 Å². The van der Waals surface area contributed by atoms with E-state index in [2.05, 4.69) is 34.5 Å². The zero-order chi connectivity index (χ0) is 14.7. The average molecular weight is 287 g/mol. The van der Waals surface area contributed by atoms with E-state index in [9.17, 15) is 0 Å². The van der Waals surface area contributed by atoms with Crippen LogP contribution in [0.2, 0.25) is 0 Å². The molecule has 1 aromatic heterocycles. The number of ether oxygens (including phenoxy) is 1. The minimum Gasteiger partial charge on any atom is -0.484 e. The van der Waals surface area contributed by atoms with Crippen molar-refractivity contribution in [1.29, 1.82) is 0 Å². The summed E-state index contributed by atoms with van der Waals surface area (Å²) in [6.07, 6.45) is 3.40. The number of hydrogen-bond donors (Lipinski definition) is 1. The molecule has 21 heavy (non-hydrogen) atoms. The summed E-state index contributed by atoms with van der Waals surface area (Å²) in [7, 11) is 1.98. The normalized spacial score (nSPS) is 15.9. The molecule has 1 heterocycles. The maximum absolute atomic E-state index is 5.69. The fourth-order valence-corrected chi connectivity index (χ4v) is 2.38. The third-order valence-corrected chi connectivity index (χ3v) is 3.83. The first kappa shape index (κ1) is 14.1. The predicted molar refractivity (Wildman–Crippen MR) is 79.1 cm³/mol. The summed E-state index contributed by atoms with van der Waals surface area (Å²) in [6, 6.07) is 8.52. The molecule has 0 bridgehead atoms. The Morgan fingerprint density at radius 1 is 1.33 bits per heavy atom. The molecule has 1 unspecified atom stereocenters. The Hall–Kier alpha value is -1.88. The van der Waals surface area contributed by atoms with E-state index in [-0.39, 0.29) is 0 Å². The van der Waals surface area contributed by atoms with Gasteiger partial charge in [0.1, 0.15) is 5.75 Å². The number of nitrogens with zero attached hydrogens (tertiary/aromatic N) is 2. The summed E-state index contributed by atoms with van der Waals surface area (Å²) in [6.45, 7) is 2.49. The maximum Gasteiger partial charge on any atom is 0.264 e. The highest BCUT2D eigenvalue weighted by Crippen LogP contribution is 2.38. The number of aromatic nitrogens is 2. The maximum atomic E-state index is 5.69. The van der Waals surface area contributed by atoms with Crippen LogP contribution in [0.5, 0.6) is 5.75 Å². The second kappa shape index (κ2) is 6.26. The summed E-state index contributed by atoms with van der Waals surface area (Å²) in [5.41, 5.74) is 1.26. The van der Waals surface area contributed by atoms with E-state index in [1.165, 1.54) is 18.4 Å². The highest BCUT2D eigenvalue weighted by molar-refractivity contribution is 5.29. The molecular formula is C16H21N3O2. The predicted octanol–water partition coefficient (Wildman–Crippen LogP) is 3.20. The van der Waals surface area contributed by atoms with Crippen molar-refractivity contribution in [1.82, 2.24) is 15.5 Å². The molecule has 0 aliphatic heterocycles. The lowest BCUT2D eigenvalue weighted by molar-refractivity contribution is 0.242. The van der Waals surface area contributed by atoms with Crippen LogP contribution >= 0.6 is 0 Å². The number of rotatable bonds is 7. The van der Waals surface area contributed by atoms with Gasteiger partial charge in [-0.25, -0.2) is 0 Å². The summed E-state index contributed by atoms with van der Waals surface area (Å²) in [5, 5.41) is 7.27. The Labute approximate surface area is 124 Å². The van der Waals surface area contributed by atoms with Crippen molar-refractivity contribution in [3.63, 3.8) is 0 Å². The smallest absolute Gasteiger partial charge is 0.264 e. The molecule has 5 heteroatoms. The molecule has 0 amide bonds. The van der Waals surface area contributed by atoms with E-state index in [4.69, 9.17) is 9.26 Å². The summed E-state index contributed by atoms with van der Waals surface area (Å²) >= 11 is 0. The van der Waals surface area contributed by atoms with Crippen LogP contribution in [0.1, 0.15) is 55.4 Å². The van der Waals surface area contributed by atoms with E-state index < -0.39 is 0 Å². The molecule has 5 nitrogen and oxygen atoms in total. The van der Waals surface area contributed by atoms with Crippen LogP contribution < -0.4 is 10.1 Å². The zero-order valence-corrected chi connectivity index (χ0v) is 12.5. The molecule has 1 N–H and O–H groups in total. The van der Waals surface area contributed by atoms with Gasteiger partial charge < -0.3 is 14.6 Å². The molecule has 3 rings (SSSR count). The monoisotopic (exact) mass is 287 g/mol. The second-order valence-corrected chi connectivity index (χ2v) is 5.43. The first-order valence-corrected chi connectivity index (χ1v) is 7.52. The van der Waals surface area contributed by atoms with Crippen LogP contribution in [-0.4, -0.2) is 17.2 Å². The minimum atomic E-state index is 0.322. The molecular weight excluding hydrogens is 266 g/mol. The lowest BCUT2D eigenvalue weighted by Crippen LogP contribution is -2.14. The van der Waals surface area contributed by atoms with Gasteiger partial charge in [-0.1, -0.05) is 24.2 Å². The molecule has 1 aromatic carbocycles. The van der Waals surface area contributed by atoms with E-state index in [0.29, 0.717) is 24.5 Å². The van der Waals surface area contributed by atoms with Gasteiger partial charge in [-0.15, -0.1) is 0 Å². The van der Waals surface area contributed by atoms with Gasteiger partial charge in [0.25, 0.3) is 5.89 Å². The van der Waals surface area contributed by atoms with E-state index in [1.54, 1.807) is 0 Å². The van der Waals surface area contributed by atoms with Crippen molar-refractivity contribution in [3.05, 3.63) is 41.5 Å². The van der Waals surface area contributed by atoms with Crippen LogP contribution in [0, 0.1) is 0 Å². The highest BCUT2D eigenvalue weighted by atomic mass is 16.5. The van der Waals surface area contributed by atoms with Crippen molar-refractivity contribution in [2.75, 3.05) is 7.05 Å². The van der Waals surface area contributed by atoms with E-state index in [1.807, 2.05) is 19.2 Å². The van der Waals surface area contributed by atoms with Gasteiger partial charge in [0.2, 0.25) is 0 Å². The summed E-state index contributed by atoms with van der Waals surface area (Å²) < 4.78 is 10.9. The quantitative estimate of drug-likeness (QED) is 0.847. The topological polar surface area (TPSA) is 60.2 Å². The fourth-order valence-electron chi connectivity index (χ4n) is 2.38. The molecule has 0 saturated heterocycles. The summed E-state index contributed by atoms with van der Waals surface area (Å²) in [4.78, 5) is 4.35. The first-order chi connectivity index (χ1) is 10.3. The first-order valence-electron chi connectivity index (χ1n) is 7.52. The summed E-state index contributed by atoms with van der Waals surface area (Å²) in [5.74, 6) is 2.69. The highest BCUT2D eigenvalue weighted by Gasteiger charge is 2.28. The Balaban J connectivity index is 1.57. The molecule has 1 fully saturated rings. The van der Waals surface area contributed by atoms with Crippen LogP contribution in [0.4, 0.5) is 0 Å². The Morgan fingerprint density at radius 2 is 2.10 bits per heavy atom. The van der Waals surface area contributed by atoms with Gasteiger partial charge >= 0.3 is 0 Å².